The van der Waals surface area contributed by atoms with Crippen LogP contribution in [-0.2, 0) is 0 Å². The van der Waals surface area contributed by atoms with Crippen LogP contribution in [0.3, 0.4) is 0 Å². The first-order chi connectivity index (χ1) is 13.0. The lowest BCUT2D eigenvalue weighted by Gasteiger charge is -2.12. The van der Waals surface area contributed by atoms with Crippen molar-refractivity contribution in [3.63, 3.8) is 0 Å². The van der Waals surface area contributed by atoms with E-state index < -0.39 is 5.91 Å². The third-order valence-corrected chi connectivity index (χ3v) is 4.89. The largest absolute Gasteiger partial charge is 0.366 e. The van der Waals surface area contributed by atoms with Crippen molar-refractivity contribution in [2.75, 3.05) is 0 Å². The molecule has 0 aliphatic rings. The molecule has 0 saturated heterocycles. The summed E-state index contributed by atoms with van der Waals surface area (Å²) in [7, 11) is 0. The van der Waals surface area contributed by atoms with Gasteiger partial charge in [-0.2, -0.15) is 0 Å². The Morgan fingerprint density at radius 1 is 0.926 bits per heavy atom. The number of carbonyl (C=O) groups is 1. The van der Waals surface area contributed by atoms with Crippen molar-refractivity contribution in [1.82, 2.24) is 9.97 Å². The van der Waals surface area contributed by atoms with Crippen LogP contribution in [0, 0.1) is 13.8 Å². The predicted octanol–water partition coefficient (Wildman–Crippen LogP) is 4.68. The minimum absolute atomic E-state index is 0.423. The van der Waals surface area contributed by atoms with Crippen LogP contribution in [-0.4, -0.2) is 15.9 Å². The minimum Gasteiger partial charge on any atom is -0.366 e. The Morgan fingerprint density at radius 3 is 2.56 bits per heavy atom. The van der Waals surface area contributed by atoms with Gasteiger partial charge in [-0.25, -0.2) is 0 Å². The van der Waals surface area contributed by atoms with Crippen LogP contribution in [0.5, 0.6) is 0 Å². The molecule has 2 aromatic carbocycles. The highest BCUT2D eigenvalue weighted by molar-refractivity contribution is 5.99. The molecule has 0 spiro atoms. The van der Waals surface area contributed by atoms with Gasteiger partial charge < -0.3 is 5.73 Å². The molecule has 0 saturated carbocycles. The Bertz CT molecular complexity index is 1180. The topological polar surface area (TPSA) is 68.9 Å². The smallest absolute Gasteiger partial charge is 0.248 e. The SMILES string of the molecule is Cc1ccc(C(N)=O)cc1-c1ccc2c(-c3cccnc3C)cncc2c1. The number of fused-ring (bicyclic) bond motifs is 1. The lowest BCUT2D eigenvalue weighted by Crippen LogP contribution is -2.10. The van der Waals surface area contributed by atoms with Gasteiger partial charge in [0.05, 0.1) is 0 Å². The fourth-order valence-corrected chi connectivity index (χ4v) is 3.41. The highest BCUT2D eigenvalue weighted by atomic mass is 16.1. The van der Waals surface area contributed by atoms with Crippen molar-refractivity contribution in [3.8, 4) is 22.3 Å². The standard InChI is InChI=1S/C23H19N3O/c1-14-5-6-17(23(24)27)11-21(14)16-7-8-20-18(10-16)12-25-13-22(20)19-4-3-9-26-15(19)2/h3-13H,1-2H3,(H2,24,27). The average Bonchev–Trinajstić information content (AvgIpc) is 2.68. The fraction of sp³-hybridized carbons (Fsp3) is 0.0870. The number of nitrogens with zero attached hydrogens (tertiary/aromatic N) is 2. The molecule has 0 bridgehead atoms. The summed E-state index contributed by atoms with van der Waals surface area (Å²) in [5.74, 6) is -0.423. The number of rotatable bonds is 3. The van der Waals surface area contributed by atoms with Gasteiger partial charge in [0, 0.05) is 46.4 Å². The third-order valence-electron chi connectivity index (χ3n) is 4.89. The number of hydrogen-bond acceptors (Lipinski definition) is 3. The summed E-state index contributed by atoms with van der Waals surface area (Å²) in [5.41, 5.74) is 12.2. The van der Waals surface area contributed by atoms with Crippen LogP contribution in [0.15, 0.2) is 67.1 Å². The van der Waals surface area contributed by atoms with Crippen molar-refractivity contribution in [2.45, 2.75) is 13.8 Å². The number of benzene rings is 2. The summed E-state index contributed by atoms with van der Waals surface area (Å²) in [4.78, 5) is 20.4. The van der Waals surface area contributed by atoms with E-state index in [0.717, 1.165) is 44.3 Å². The number of pyridine rings is 2. The van der Waals surface area contributed by atoms with Crippen molar-refractivity contribution in [3.05, 3.63) is 83.9 Å². The normalized spacial score (nSPS) is 10.9. The summed E-state index contributed by atoms with van der Waals surface area (Å²) in [6.45, 7) is 4.03. The molecule has 4 rings (SSSR count). The molecule has 0 unspecified atom stereocenters. The molecule has 2 N–H and O–H groups in total. The second-order valence-electron chi connectivity index (χ2n) is 6.65. The van der Waals surface area contributed by atoms with Crippen LogP contribution in [0.1, 0.15) is 21.6 Å². The molecule has 27 heavy (non-hydrogen) atoms. The fourth-order valence-electron chi connectivity index (χ4n) is 3.41. The monoisotopic (exact) mass is 353 g/mol. The van der Waals surface area contributed by atoms with Gasteiger partial charge in [-0.05, 0) is 60.2 Å². The van der Waals surface area contributed by atoms with Gasteiger partial charge in [-0.15, -0.1) is 0 Å². The van der Waals surface area contributed by atoms with Gasteiger partial charge in [-0.3, -0.25) is 14.8 Å². The predicted molar refractivity (Wildman–Crippen MR) is 108 cm³/mol. The lowest BCUT2D eigenvalue weighted by molar-refractivity contribution is 0.100. The molecule has 2 aromatic heterocycles. The van der Waals surface area contributed by atoms with E-state index in [2.05, 4.69) is 34.2 Å². The van der Waals surface area contributed by atoms with E-state index in [0.29, 0.717) is 5.56 Å². The van der Waals surface area contributed by atoms with Crippen LogP contribution in [0.4, 0.5) is 0 Å². The van der Waals surface area contributed by atoms with Gasteiger partial charge >= 0.3 is 0 Å². The van der Waals surface area contributed by atoms with E-state index in [-0.39, 0.29) is 0 Å². The zero-order valence-electron chi connectivity index (χ0n) is 15.2. The van der Waals surface area contributed by atoms with E-state index in [9.17, 15) is 4.79 Å². The lowest BCUT2D eigenvalue weighted by atomic mass is 9.94. The zero-order valence-corrected chi connectivity index (χ0v) is 15.2. The number of aromatic nitrogens is 2. The van der Waals surface area contributed by atoms with Crippen LogP contribution >= 0.6 is 0 Å². The quantitative estimate of drug-likeness (QED) is 0.581. The Labute approximate surface area is 157 Å². The van der Waals surface area contributed by atoms with Gasteiger partial charge in [0.1, 0.15) is 0 Å². The maximum absolute atomic E-state index is 11.5. The summed E-state index contributed by atoms with van der Waals surface area (Å²) in [6, 6.07) is 15.8. The van der Waals surface area contributed by atoms with Gasteiger partial charge in [0.25, 0.3) is 0 Å². The number of nitrogens with two attached hydrogens (primary N) is 1. The maximum Gasteiger partial charge on any atom is 0.248 e. The molecule has 2 heterocycles. The maximum atomic E-state index is 11.5. The van der Waals surface area contributed by atoms with Crippen molar-refractivity contribution in [2.24, 2.45) is 5.73 Å². The van der Waals surface area contributed by atoms with Gasteiger partial charge in [-0.1, -0.05) is 24.3 Å². The highest BCUT2D eigenvalue weighted by Gasteiger charge is 2.11. The average molecular weight is 353 g/mol. The molecule has 132 valence electrons. The molecule has 0 atom stereocenters. The minimum atomic E-state index is -0.423. The number of primary amides is 1. The van der Waals surface area contributed by atoms with Crippen LogP contribution < -0.4 is 5.73 Å². The molecule has 4 nitrogen and oxygen atoms in total. The summed E-state index contributed by atoms with van der Waals surface area (Å²) in [5, 5.41) is 2.16. The van der Waals surface area contributed by atoms with E-state index in [1.807, 2.05) is 44.4 Å². The molecule has 1 amide bonds. The molecule has 4 aromatic rings. The van der Waals surface area contributed by atoms with E-state index in [4.69, 9.17) is 5.73 Å². The van der Waals surface area contributed by atoms with E-state index >= 15 is 0 Å². The summed E-state index contributed by atoms with van der Waals surface area (Å²) < 4.78 is 0. The van der Waals surface area contributed by atoms with Crippen molar-refractivity contribution in [1.29, 1.82) is 0 Å². The molecule has 4 heteroatoms. The first kappa shape index (κ1) is 16.9. The van der Waals surface area contributed by atoms with E-state index in [1.54, 1.807) is 12.3 Å². The highest BCUT2D eigenvalue weighted by Crippen LogP contribution is 2.33. The van der Waals surface area contributed by atoms with E-state index in [1.165, 1.54) is 0 Å². The molecule has 0 radical (unpaired) electrons. The Balaban J connectivity index is 1.89. The van der Waals surface area contributed by atoms with Gasteiger partial charge in [0.15, 0.2) is 0 Å². The number of hydrogen-bond donors (Lipinski definition) is 1. The molecule has 0 fully saturated rings. The molecular formula is C23H19N3O. The van der Waals surface area contributed by atoms with Gasteiger partial charge in [0.2, 0.25) is 5.91 Å². The summed E-state index contributed by atoms with van der Waals surface area (Å²) >= 11 is 0. The number of aryl methyl sites for hydroxylation is 2. The second kappa shape index (κ2) is 6.65. The number of carbonyl (C=O) groups excluding carboxylic acids is 1. The number of amides is 1. The Kier molecular flexibility index (Phi) is 4.16. The van der Waals surface area contributed by atoms with Crippen molar-refractivity contribution < 1.29 is 4.79 Å². The molecule has 0 aliphatic carbocycles. The second-order valence-corrected chi connectivity index (χ2v) is 6.65. The summed E-state index contributed by atoms with van der Waals surface area (Å²) in [6.07, 6.45) is 5.54. The molecular weight excluding hydrogens is 334 g/mol. The first-order valence-corrected chi connectivity index (χ1v) is 8.75. The third kappa shape index (κ3) is 3.06. The zero-order chi connectivity index (χ0) is 19.0. The Morgan fingerprint density at radius 2 is 1.78 bits per heavy atom. The Hall–Kier alpha value is -3.53. The first-order valence-electron chi connectivity index (χ1n) is 8.75. The van der Waals surface area contributed by atoms with Crippen molar-refractivity contribution >= 4 is 16.7 Å². The van der Waals surface area contributed by atoms with Crippen LogP contribution in [0.25, 0.3) is 33.0 Å². The van der Waals surface area contributed by atoms with Crippen LogP contribution in [0.2, 0.25) is 0 Å². The molecule has 0 aliphatic heterocycles.